The summed E-state index contributed by atoms with van der Waals surface area (Å²) in [5.74, 6) is 2.21. The van der Waals surface area contributed by atoms with Crippen LogP contribution in [0.4, 0.5) is 0 Å². The quantitative estimate of drug-likeness (QED) is 0.165. The lowest BCUT2D eigenvalue weighted by molar-refractivity contribution is 0.116. The molecule has 2 aliphatic carbocycles. The summed E-state index contributed by atoms with van der Waals surface area (Å²) in [5, 5.41) is 10.1. The maximum atomic E-state index is 10.1. The van der Waals surface area contributed by atoms with E-state index in [2.05, 4.69) is 130 Å². The van der Waals surface area contributed by atoms with Gasteiger partial charge in [-0.2, -0.15) is 0 Å². The number of allylic oxidation sites excluding steroid dienone is 13. The molecule has 0 fully saturated rings. The summed E-state index contributed by atoms with van der Waals surface area (Å²) in [7, 11) is 0. The zero-order valence-electron chi connectivity index (χ0n) is 28.5. The van der Waals surface area contributed by atoms with E-state index in [-0.39, 0.29) is 11.5 Å². The predicted octanol–water partition coefficient (Wildman–Crippen LogP) is 11.9. The van der Waals surface area contributed by atoms with E-state index in [0.717, 1.165) is 19.3 Å². The third-order valence-corrected chi connectivity index (χ3v) is 9.43. The molecule has 230 valence electrons. The number of rotatable bonds is 14. The van der Waals surface area contributed by atoms with Crippen LogP contribution >= 0.6 is 0 Å². The first kappa shape index (κ1) is 35.3. The third-order valence-electron chi connectivity index (χ3n) is 9.43. The van der Waals surface area contributed by atoms with E-state index in [9.17, 15) is 5.11 Å². The lowest BCUT2D eigenvalue weighted by Crippen LogP contribution is -2.28. The van der Waals surface area contributed by atoms with Crippen molar-refractivity contribution in [1.82, 2.24) is 0 Å². The van der Waals surface area contributed by atoms with Crippen LogP contribution in [0.15, 0.2) is 83.1 Å². The van der Waals surface area contributed by atoms with Crippen molar-refractivity contribution in [3.8, 4) is 0 Å². The Kier molecular flexibility index (Phi) is 14.4. The summed E-state index contributed by atoms with van der Waals surface area (Å²) in [4.78, 5) is 0. The molecule has 4 unspecified atom stereocenters. The topological polar surface area (TPSA) is 20.2 Å². The molecule has 0 bridgehead atoms. The van der Waals surface area contributed by atoms with Crippen LogP contribution in [0.1, 0.15) is 127 Å². The van der Waals surface area contributed by atoms with Gasteiger partial charge in [-0.1, -0.05) is 134 Å². The average Bonchev–Trinajstić information content (AvgIpc) is 2.84. The Labute approximate surface area is 255 Å². The van der Waals surface area contributed by atoms with Crippen LogP contribution in [-0.4, -0.2) is 11.2 Å². The highest BCUT2D eigenvalue weighted by molar-refractivity contribution is 5.34. The molecule has 1 nitrogen and oxygen atoms in total. The van der Waals surface area contributed by atoms with Crippen LogP contribution in [0.5, 0.6) is 0 Å². The maximum absolute atomic E-state index is 10.1. The largest absolute Gasteiger partial charge is 0.393 e. The number of hydrogen-bond donors (Lipinski definition) is 1. The number of hydrogen-bond acceptors (Lipinski definition) is 1. The van der Waals surface area contributed by atoms with Gasteiger partial charge in [0.25, 0.3) is 0 Å². The van der Waals surface area contributed by atoms with Gasteiger partial charge in [0.1, 0.15) is 0 Å². The molecule has 0 aromatic heterocycles. The molecule has 1 heteroatoms. The SMILES string of the molecule is CC1=C(/C=C/C(C)CCCC(C)/C=C/C=C/C(C)/C=C/CC(C)/C=C/C2=C(C)C[C@@H](O)CC2(C)C)C(C)(C)CCC1. The van der Waals surface area contributed by atoms with Crippen molar-refractivity contribution in [1.29, 1.82) is 0 Å². The Morgan fingerprint density at radius 3 is 1.98 bits per heavy atom. The van der Waals surface area contributed by atoms with Gasteiger partial charge in [-0.15, -0.1) is 0 Å². The second-order valence-corrected chi connectivity index (χ2v) is 14.9. The molecule has 0 aromatic rings. The van der Waals surface area contributed by atoms with Crippen LogP contribution in [0.25, 0.3) is 0 Å². The van der Waals surface area contributed by atoms with Crippen molar-refractivity contribution in [2.75, 3.05) is 0 Å². The Hall–Kier alpha value is -1.86. The lowest BCUT2D eigenvalue weighted by Gasteiger charge is -2.35. The van der Waals surface area contributed by atoms with Crippen molar-refractivity contribution >= 4 is 0 Å². The third kappa shape index (κ3) is 12.5. The van der Waals surface area contributed by atoms with Crippen LogP contribution in [0.2, 0.25) is 0 Å². The van der Waals surface area contributed by atoms with Crippen molar-refractivity contribution < 1.29 is 5.11 Å². The highest BCUT2D eigenvalue weighted by Gasteiger charge is 2.31. The fourth-order valence-corrected chi connectivity index (χ4v) is 6.81. The molecular formula is C40H64O. The van der Waals surface area contributed by atoms with E-state index in [1.165, 1.54) is 49.7 Å². The first-order valence-electron chi connectivity index (χ1n) is 16.7. The molecule has 0 amide bonds. The molecule has 0 aliphatic heterocycles. The minimum Gasteiger partial charge on any atom is -0.393 e. The molecule has 2 rings (SSSR count). The highest BCUT2D eigenvalue weighted by atomic mass is 16.3. The zero-order chi connectivity index (χ0) is 30.6. The van der Waals surface area contributed by atoms with Crippen LogP contribution in [-0.2, 0) is 0 Å². The van der Waals surface area contributed by atoms with E-state index in [1.54, 1.807) is 11.1 Å². The summed E-state index contributed by atoms with van der Waals surface area (Å²) in [6.07, 6.45) is 33.6. The van der Waals surface area contributed by atoms with Gasteiger partial charge in [-0.25, -0.2) is 0 Å². The van der Waals surface area contributed by atoms with Gasteiger partial charge in [0.15, 0.2) is 0 Å². The first-order chi connectivity index (χ1) is 19.2. The summed E-state index contributed by atoms with van der Waals surface area (Å²) >= 11 is 0. The first-order valence-corrected chi connectivity index (χ1v) is 16.7. The van der Waals surface area contributed by atoms with Gasteiger partial charge in [0.05, 0.1) is 6.10 Å². The van der Waals surface area contributed by atoms with Crippen LogP contribution in [0.3, 0.4) is 0 Å². The number of aliphatic hydroxyl groups excluding tert-OH is 1. The van der Waals surface area contributed by atoms with E-state index in [1.807, 2.05) is 0 Å². The van der Waals surface area contributed by atoms with Crippen LogP contribution < -0.4 is 0 Å². The Morgan fingerprint density at radius 2 is 1.34 bits per heavy atom. The Bertz CT molecular complexity index is 1020. The molecule has 0 heterocycles. The van der Waals surface area contributed by atoms with Crippen LogP contribution in [0, 0.1) is 34.5 Å². The molecule has 5 atom stereocenters. The van der Waals surface area contributed by atoms with E-state index >= 15 is 0 Å². The summed E-state index contributed by atoms with van der Waals surface area (Å²) in [6.45, 7) is 23.1. The van der Waals surface area contributed by atoms with Crippen molar-refractivity contribution in [2.24, 2.45) is 34.5 Å². The Balaban J connectivity index is 1.69. The van der Waals surface area contributed by atoms with Crippen molar-refractivity contribution in [3.63, 3.8) is 0 Å². The van der Waals surface area contributed by atoms with Gasteiger partial charge in [0, 0.05) is 0 Å². The zero-order valence-corrected chi connectivity index (χ0v) is 28.5. The fraction of sp³-hybridized carbons (Fsp3) is 0.650. The van der Waals surface area contributed by atoms with Crippen molar-refractivity contribution in [2.45, 2.75) is 133 Å². The summed E-state index contributed by atoms with van der Waals surface area (Å²) in [6, 6.07) is 0. The highest BCUT2D eigenvalue weighted by Crippen LogP contribution is 2.42. The molecule has 0 aromatic carbocycles. The molecule has 0 saturated carbocycles. The van der Waals surface area contributed by atoms with E-state index < -0.39 is 0 Å². The molecular weight excluding hydrogens is 496 g/mol. The molecule has 41 heavy (non-hydrogen) atoms. The van der Waals surface area contributed by atoms with Gasteiger partial charge in [-0.3, -0.25) is 0 Å². The molecule has 0 saturated heterocycles. The normalized spacial score (nSPS) is 24.9. The maximum Gasteiger partial charge on any atom is 0.0585 e. The Morgan fingerprint density at radius 1 is 0.756 bits per heavy atom. The van der Waals surface area contributed by atoms with E-state index in [4.69, 9.17) is 0 Å². The summed E-state index contributed by atoms with van der Waals surface area (Å²) < 4.78 is 0. The van der Waals surface area contributed by atoms with Gasteiger partial charge in [0.2, 0.25) is 0 Å². The van der Waals surface area contributed by atoms with Gasteiger partial charge in [-0.05, 0) is 111 Å². The standard InChI is InChI=1S/C40H64O/c1-30(18-13-20-32(3)23-25-37-34(5)22-15-27-39(37,7)8)16-11-12-17-31(2)19-14-21-33(4)24-26-38-35(6)28-36(41)29-40(38,9)10/h11-12,14,16-17,19,23-26,30-33,36,41H,13,15,18,20-22,27-29H2,1-10H3/b16-11+,17-12+,19-14+,25-23+,26-24+/t30?,31?,32?,33?,36-/m1/s1. The second-order valence-electron chi connectivity index (χ2n) is 14.9. The smallest absolute Gasteiger partial charge is 0.0585 e. The number of aliphatic hydroxyl groups is 1. The fourth-order valence-electron chi connectivity index (χ4n) is 6.81. The van der Waals surface area contributed by atoms with Gasteiger partial charge < -0.3 is 5.11 Å². The van der Waals surface area contributed by atoms with Crippen molar-refractivity contribution in [3.05, 3.63) is 83.1 Å². The minimum atomic E-state index is -0.196. The van der Waals surface area contributed by atoms with Gasteiger partial charge >= 0.3 is 0 Å². The molecule has 0 spiro atoms. The molecule has 2 aliphatic rings. The average molecular weight is 561 g/mol. The lowest BCUT2D eigenvalue weighted by atomic mass is 9.71. The summed E-state index contributed by atoms with van der Waals surface area (Å²) in [5.41, 5.74) is 6.32. The second kappa shape index (κ2) is 16.7. The van der Waals surface area contributed by atoms with E-state index in [0.29, 0.717) is 29.1 Å². The predicted molar refractivity (Wildman–Crippen MR) is 183 cm³/mol. The minimum absolute atomic E-state index is 0.0527. The molecule has 1 N–H and O–H groups in total. The molecule has 0 radical (unpaired) electrons. The monoisotopic (exact) mass is 560 g/mol.